The molecule has 0 aromatic heterocycles. The minimum Gasteiger partial charge on any atom is -0.211 e. The molecule has 0 saturated heterocycles. The van der Waals surface area contributed by atoms with Gasteiger partial charge in [0.1, 0.15) is 0 Å². The number of aryl methyl sites for hydroxylation is 2. The third kappa shape index (κ3) is 3.31. The molecule has 0 spiro atoms. The van der Waals surface area contributed by atoms with Crippen LogP contribution in [0.1, 0.15) is 22.3 Å². The summed E-state index contributed by atoms with van der Waals surface area (Å²) in [5.74, 6) is -8.59. The normalized spacial score (nSPS) is 15.7. The second-order valence-corrected chi connectivity index (χ2v) is 6.03. The molecule has 24 heavy (non-hydrogen) atoms. The van der Waals surface area contributed by atoms with Crippen LogP contribution in [0.4, 0.5) is 22.0 Å². The maximum Gasteiger partial charge on any atom is 0.327 e. The van der Waals surface area contributed by atoms with E-state index in [4.69, 9.17) is 11.6 Å². The van der Waals surface area contributed by atoms with E-state index in [9.17, 15) is 22.0 Å². The van der Waals surface area contributed by atoms with E-state index in [1.807, 2.05) is 0 Å². The van der Waals surface area contributed by atoms with Crippen LogP contribution in [-0.2, 0) is 5.92 Å². The lowest BCUT2D eigenvalue weighted by Gasteiger charge is -2.27. The highest BCUT2D eigenvalue weighted by Gasteiger charge is 2.59. The number of halogens is 6. The molecule has 128 valence electrons. The van der Waals surface area contributed by atoms with Crippen molar-refractivity contribution in [2.45, 2.75) is 24.9 Å². The predicted octanol–water partition coefficient (Wildman–Crippen LogP) is 6.61. The standard InChI is InChI=1S/C18H14ClF5/c1-11-3-7-13(8-4-11)15(20)16(21)17(19,22)18(23,24)14-9-5-12(2)6-10-14/h3-10H,1-2H3/b16-15+. The van der Waals surface area contributed by atoms with E-state index in [2.05, 4.69) is 0 Å². The highest BCUT2D eigenvalue weighted by Crippen LogP contribution is 2.51. The second-order valence-electron chi connectivity index (χ2n) is 5.51. The summed E-state index contributed by atoms with van der Waals surface area (Å²) in [7, 11) is 0. The molecule has 0 aliphatic heterocycles. The van der Waals surface area contributed by atoms with Gasteiger partial charge in [-0.1, -0.05) is 71.3 Å². The quantitative estimate of drug-likeness (QED) is 0.425. The van der Waals surface area contributed by atoms with Gasteiger partial charge < -0.3 is 0 Å². The molecule has 2 aromatic rings. The monoisotopic (exact) mass is 360 g/mol. The summed E-state index contributed by atoms with van der Waals surface area (Å²) in [6.45, 7) is 3.34. The van der Waals surface area contributed by atoms with Gasteiger partial charge in [-0.2, -0.15) is 8.78 Å². The molecule has 1 unspecified atom stereocenters. The Morgan fingerprint density at radius 2 is 1.21 bits per heavy atom. The molecule has 0 amide bonds. The summed E-state index contributed by atoms with van der Waals surface area (Å²) in [6.07, 6.45) is 0. The Balaban J connectivity index is 2.48. The smallest absolute Gasteiger partial charge is 0.211 e. The molecule has 0 aliphatic rings. The van der Waals surface area contributed by atoms with Crippen molar-refractivity contribution >= 4 is 17.4 Å². The van der Waals surface area contributed by atoms with Crippen molar-refractivity contribution < 1.29 is 22.0 Å². The first-order chi connectivity index (χ1) is 11.1. The van der Waals surface area contributed by atoms with Gasteiger partial charge in [-0.25, -0.2) is 13.2 Å². The number of hydrogen-bond acceptors (Lipinski definition) is 0. The molecular formula is C18H14ClF5. The Hall–Kier alpha value is -1.88. The van der Waals surface area contributed by atoms with Crippen molar-refractivity contribution in [3.8, 4) is 0 Å². The van der Waals surface area contributed by atoms with Crippen LogP contribution in [0.15, 0.2) is 54.4 Å². The fourth-order valence-electron chi connectivity index (χ4n) is 2.05. The van der Waals surface area contributed by atoms with Gasteiger partial charge in [0.25, 0.3) is 0 Å². The molecule has 0 bridgehead atoms. The van der Waals surface area contributed by atoms with Crippen LogP contribution in [-0.4, -0.2) is 5.13 Å². The zero-order valence-electron chi connectivity index (χ0n) is 12.9. The molecule has 0 N–H and O–H groups in total. The fourth-order valence-corrected chi connectivity index (χ4v) is 2.24. The Bertz CT molecular complexity index is 746. The number of benzene rings is 2. The van der Waals surface area contributed by atoms with Crippen LogP contribution in [0, 0.1) is 13.8 Å². The van der Waals surface area contributed by atoms with Crippen molar-refractivity contribution in [3.63, 3.8) is 0 Å². The number of allylic oxidation sites excluding steroid dienone is 1. The number of hydrogen-bond donors (Lipinski definition) is 0. The van der Waals surface area contributed by atoms with E-state index >= 15 is 0 Å². The van der Waals surface area contributed by atoms with Gasteiger partial charge in [-0.3, -0.25) is 0 Å². The van der Waals surface area contributed by atoms with Crippen LogP contribution in [0.25, 0.3) is 5.83 Å². The first-order valence-corrected chi connectivity index (χ1v) is 7.40. The number of alkyl halides is 4. The van der Waals surface area contributed by atoms with Gasteiger partial charge in [0.05, 0.1) is 0 Å². The van der Waals surface area contributed by atoms with Gasteiger partial charge in [-0.15, -0.1) is 0 Å². The molecule has 6 heteroatoms. The Labute approximate surface area is 141 Å². The van der Waals surface area contributed by atoms with Crippen molar-refractivity contribution in [2.75, 3.05) is 0 Å². The molecule has 0 saturated carbocycles. The Morgan fingerprint density at radius 3 is 1.67 bits per heavy atom. The lowest BCUT2D eigenvalue weighted by molar-refractivity contribution is -0.0929. The van der Waals surface area contributed by atoms with Crippen LogP contribution < -0.4 is 0 Å². The molecule has 2 aromatic carbocycles. The largest absolute Gasteiger partial charge is 0.327 e. The highest BCUT2D eigenvalue weighted by atomic mass is 35.5. The van der Waals surface area contributed by atoms with E-state index in [0.717, 1.165) is 29.8 Å². The van der Waals surface area contributed by atoms with Crippen molar-refractivity contribution in [3.05, 3.63) is 76.6 Å². The average molecular weight is 361 g/mol. The van der Waals surface area contributed by atoms with Crippen molar-refractivity contribution in [2.24, 2.45) is 0 Å². The lowest BCUT2D eigenvalue weighted by Crippen LogP contribution is -2.38. The van der Waals surface area contributed by atoms with E-state index in [1.165, 1.54) is 24.3 Å². The third-order valence-corrected chi connectivity index (χ3v) is 3.99. The topological polar surface area (TPSA) is 0 Å². The van der Waals surface area contributed by atoms with Gasteiger partial charge >= 0.3 is 11.1 Å². The SMILES string of the molecule is Cc1ccc(/C(F)=C(\F)C(F)(Cl)C(F)(F)c2ccc(C)cc2)cc1. The molecule has 1 atom stereocenters. The summed E-state index contributed by atoms with van der Waals surface area (Å²) in [4.78, 5) is 0. The maximum atomic E-state index is 14.4. The first kappa shape index (κ1) is 18.5. The molecular weight excluding hydrogens is 347 g/mol. The zero-order valence-corrected chi connectivity index (χ0v) is 13.6. The van der Waals surface area contributed by atoms with E-state index < -0.39 is 28.3 Å². The third-order valence-electron chi connectivity index (χ3n) is 3.58. The van der Waals surface area contributed by atoms with Gasteiger partial charge in [0.2, 0.25) is 0 Å². The molecule has 0 heterocycles. The van der Waals surface area contributed by atoms with Crippen LogP contribution >= 0.6 is 11.6 Å². The second kappa shape index (κ2) is 6.55. The van der Waals surface area contributed by atoms with E-state index in [1.54, 1.807) is 13.8 Å². The fraction of sp³-hybridized carbons (Fsp3) is 0.222. The molecule has 0 aliphatic carbocycles. The van der Waals surface area contributed by atoms with Crippen LogP contribution in [0.2, 0.25) is 0 Å². The zero-order chi connectivity index (χ0) is 18.1. The maximum absolute atomic E-state index is 14.4. The summed E-state index contributed by atoms with van der Waals surface area (Å²) in [5.41, 5.74) is 0.169. The first-order valence-electron chi connectivity index (χ1n) is 7.03. The van der Waals surface area contributed by atoms with Gasteiger partial charge in [0.15, 0.2) is 11.7 Å². The van der Waals surface area contributed by atoms with E-state index in [0.29, 0.717) is 5.56 Å². The minimum absolute atomic E-state index is 0.375. The molecule has 2 rings (SSSR count). The Kier molecular flexibility index (Phi) is 5.04. The van der Waals surface area contributed by atoms with Crippen LogP contribution in [0.5, 0.6) is 0 Å². The highest BCUT2D eigenvalue weighted by molar-refractivity contribution is 6.25. The minimum atomic E-state index is -4.46. The lowest BCUT2D eigenvalue weighted by atomic mass is 10.00. The number of rotatable bonds is 4. The predicted molar refractivity (Wildman–Crippen MR) is 85.1 cm³/mol. The molecule has 0 radical (unpaired) electrons. The summed E-state index contributed by atoms with van der Waals surface area (Å²) in [5, 5.41) is -4.35. The van der Waals surface area contributed by atoms with Crippen molar-refractivity contribution in [1.82, 2.24) is 0 Å². The summed E-state index contributed by atoms with van der Waals surface area (Å²) >= 11 is 5.14. The summed E-state index contributed by atoms with van der Waals surface area (Å²) in [6, 6.07) is 9.62. The van der Waals surface area contributed by atoms with Gasteiger partial charge in [0, 0.05) is 11.1 Å². The van der Waals surface area contributed by atoms with Crippen molar-refractivity contribution in [1.29, 1.82) is 0 Å². The molecule has 0 fully saturated rings. The van der Waals surface area contributed by atoms with Crippen LogP contribution in [0.3, 0.4) is 0 Å². The molecule has 0 nitrogen and oxygen atoms in total. The van der Waals surface area contributed by atoms with Gasteiger partial charge in [-0.05, 0) is 13.8 Å². The van der Waals surface area contributed by atoms with E-state index in [-0.39, 0.29) is 5.56 Å². The summed E-state index contributed by atoms with van der Waals surface area (Å²) < 4.78 is 71.3. The average Bonchev–Trinajstić information content (AvgIpc) is 2.54. The Morgan fingerprint density at radius 1 is 0.792 bits per heavy atom.